The zero-order valence-corrected chi connectivity index (χ0v) is 15.8. The molecule has 0 saturated carbocycles. The first-order chi connectivity index (χ1) is 11.6. The third kappa shape index (κ3) is 2.62. The van der Waals surface area contributed by atoms with E-state index in [-0.39, 0.29) is 0 Å². The van der Waals surface area contributed by atoms with Gasteiger partial charge in [0, 0.05) is 7.11 Å². The molecule has 0 bridgehead atoms. The number of hydrogen-bond donors (Lipinski definition) is 0. The molecule has 1 nitrogen and oxygen atoms in total. The molecule has 0 heterocycles. The zero-order valence-electron chi connectivity index (χ0n) is 14.8. The summed E-state index contributed by atoms with van der Waals surface area (Å²) in [6.45, 7) is 6.56. The minimum atomic E-state index is -2.53. The maximum absolute atomic E-state index is 6.48. The molecule has 122 valence electrons. The van der Waals surface area contributed by atoms with E-state index in [1.54, 1.807) is 0 Å². The van der Waals surface area contributed by atoms with E-state index in [0.29, 0.717) is 0 Å². The fourth-order valence-corrected chi connectivity index (χ4v) is 8.11. The smallest absolute Gasteiger partial charge is 0.288 e. The van der Waals surface area contributed by atoms with Crippen LogP contribution < -0.4 is 15.6 Å². The van der Waals surface area contributed by atoms with Crippen LogP contribution in [0.25, 0.3) is 0 Å². The SMILES string of the molecule is CO[Si](c1ccccc1C)(c1ccccc1C)c1ccccc1C. The van der Waals surface area contributed by atoms with E-state index >= 15 is 0 Å². The van der Waals surface area contributed by atoms with Gasteiger partial charge in [-0.25, -0.2) is 0 Å². The normalized spacial score (nSPS) is 11.5. The highest BCUT2D eigenvalue weighted by atomic mass is 28.4. The van der Waals surface area contributed by atoms with Crippen LogP contribution in [0, 0.1) is 20.8 Å². The van der Waals surface area contributed by atoms with Crippen molar-refractivity contribution in [2.75, 3.05) is 7.11 Å². The van der Waals surface area contributed by atoms with Gasteiger partial charge in [0.25, 0.3) is 8.32 Å². The maximum atomic E-state index is 6.48. The summed E-state index contributed by atoms with van der Waals surface area (Å²) in [5.74, 6) is 0. The molecule has 0 fully saturated rings. The lowest BCUT2D eigenvalue weighted by atomic mass is 10.2. The van der Waals surface area contributed by atoms with E-state index in [1.165, 1.54) is 32.3 Å². The van der Waals surface area contributed by atoms with Gasteiger partial charge in [-0.15, -0.1) is 0 Å². The Labute approximate surface area is 146 Å². The van der Waals surface area contributed by atoms with Gasteiger partial charge in [-0.3, -0.25) is 0 Å². The van der Waals surface area contributed by atoms with Gasteiger partial charge >= 0.3 is 0 Å². The number of aryl methyl sites for hydroxylation is 3. The molecule has 24 heavy (non-hydrogen) atoms. The summed E-state index contributed by atoms with van der Waals surface area (Å²) < 4.78 is 6.48. The van der Waals surface area contributed by atoms with Crippen molar-refractivity contribution in [2.45, 2.75) is 20.8 Å². The second-order valence-corrected chi connectivity index (χ2v) is 9.72. The third-order valence-electron chi connectivity index (χ3n) is 4.88. The monoisotopic (exact) mass is 332 g/mol. The van der Waals surface area contributed by atoms with Crippen LogP contribution in [0.4, 0.5) is 0 Å². The average Bonchev–Trinajstić information content (AvgIpc) is 2.60. The summed E-state index contributed by atoms with van der Waals surface area (Å²) >= 11 is 0. The van der Waals surface area contributed by atoms with Gasteiger partial charge in [0.15, 0.2) is 0 Å². The third-order valence-corrected chi connectivity index (χ3v) is 9.45. The Bertz CT molecular complexity index is 743. The Morgan fingerprint density at radius 3 is 1.08 bits per heavy atom. The van der Waals surface area contributed by atoms with Crippen LogP contribution in [0.5, 0.6) is 0 Å². The van der Waals surface area contributed by atoms with E-state index < -0.39 is 8.32 Å². The van der Waals surface area contributed by atoms with Crippen molar-refractivity contribution >= 4 is 23.9 Å². The van der Waals surface area contributed by atoms with Crippen LogP contribution in [0.1, 0.15) is 16.7 Å². The topological polar surface area (TPSA) is 9.23 Å². The Hall–Kier alpha value is -2.16. The van der Waals surface area contributed by atoms with Gasteiger partial charge in [-0.1, -0.05) is 72.8 Å². The van der Waals surface area contributed by atoms with Crippen molar-refractivity contribution in [3.8, 4) is 0 Å². The van der Waals surface area contributed by atoms with E-state index in [4.69, 9.17) is 4.43 Å². The van der Waals surface area contributed by atoms with Crippen LogP contribution in [0.15, 0.2) is 72.8 Å². The molecular weight excluding hydrogens is 308 g/mol. The van der Waals surface area contributed by atoms with Crippen molar-refractivity contribution in [1.29, 1.82) is 0 Å². The molecule has 0 N–H and O–H groups in total. The van der Waals surface area contributed by atoms with Gasteiger partial charge in [0.2, 0.25) is 0 Å². The molecule has 0 saturated heterocycles. The fraction of sp³-hybridized carbons (Fsp3) is 0.182. The molecule has 0 amide bonds. The number of rotatable bonds is 4. The average molecular weight is 333 g/mol. The van der Waals surface area contributed by atoms with Crippen LogP contribution in [0.3, 0.4) is 0 Å². The highest BCUT2D eigenvalue weighted by Gasteiger charge is 2.43. The Morgan fingerprint density at radius 1 is 0.542 bits per heavy atom. The highest BCUT2D eigenvalue weighted by Crippen LogP contribution is 2.14. The molecule has 0 radical (unpaired) electrons. The molecule has 0 spiro atoms. The van der Waals surface area contributed by atoms with Gasteiger partial charge < -0.3 is 4.43 Å². The van der Waals surface area contributed by atoms with Crippen LogP contribution in [0.2, 0.25) is 0 Å². The predicted molar refractivity (Wildman–Crippen MR) is 105 cm³/mol. The summed E-state index contributed by atoms with van der Waals surface area (Å²) in [6.07, 6.45) is 0. The van der Waals surface area contributed by atoms with Gasteiger partial charge in [-0.05, 0) is 53.0 Å². The molecule has 3 rings (SSSR count). The van der Waals surface area contributed by atoms with E-state index in [0.717, 1.165) is 0 Å². The first kappa shape index (κ1) is 16.7. The molecule has 0 aliphatic carbocycles. The lowest BCUT2D eigenvalue weighted by molar-refractivity contribution is 0.426. The molecule has 0 aliphatic heterocycles. The largest absolute Gasteiger partial charge is 0.408 e. The quantitative estimate of drug-likeness (QED) is 0.526. The molecule has 3 aromatic rings. The van der Waals surface area contributed by atoms with Crippen molar-refractivity contribution in [3.63, 3.8) is 0 Å². The molecule has 0 aliphatic rings. The van der Waals surface area contributed by atoms with Gasteiger partial charge in [0.05, 0.1) is 0 Å². The van der Waals surface area contributed by atoms with E-state index in [2.05, 4.69) is 93.6 Å². The van der Waals surface area contributed by atoms with Crippen molar-refractivity contribution < 1.29 is 4.43 Å². The Balaban J connectivity index is 2.43. The highest BCUT2D eigenvalue weighted by molar-refractivity contribution is 7.07. The van der Waals surface area contributed by atoms with Crippen molar-refractivity contribution in [3.05, 3.63) is 89.5 Å². The van der Waals surface area contributed by atoms with Gasteiger partial charge in [0.1, 0.15) is 0 Å². The van der Waals surface area contributed by atoms with Crippen molar-refractivity contribution in [1.82, 2.24) is 0 Å². The van der Waals surface area contributed by atoms with Crippen LogP contribution >= 0.6 is 0 Å². The van der Waals surface area contributed by atoms with Crippen LogP contribution in [-0.4, -0.2) is 15.4 Å². The molecule has 0 unspecified atom stereocenters. The first-order valence-electron chi connectivity index (χ1n) is 8.34. The van der Waals surface area contributed by atoms with Crippen LogP contribution in [-0.2, 0) is 4.43 Å². The minimum Gasteiger partial charge on any atom is -0.408 e. The van der Waals surface area contributed by atoms with Crippen molar-refractivity contribution in [2.24, 2.45) is 0 Å². The van der Waals surface area contributed by atoms with E-state index in [9.17, 15) is 0 Å². The molecule has 0 atom stereocenters. The molecule has 0 aromatic heterocycles. The second-order valence-electron chi connectivity index (χ2n) is 6.33. The Morgan fingerprint density at radius 2 is 0.833 bits per heavy atom. The lowest BCUT2D eigenvalue weighted by Gasteiger charge is -2.34. The second kappa shape index (κ2) is 6.76. The molecule has 2 heteroatoms. The molecule has 3 aromatic carbocycles. The van der Waals surface area contributed by atoms with Gasteiger partial charge in [-0.2, -0.15) is 0 Å². The number of benzene rings is 3. The summed E-state index contributed by atoms with van der Waals surface area (Å²) in [4.78, 5) is 0. The Kier molecular flexibility index (Phi) is 4.70. The fourth-order valence-electron chi connectivity index (χ4n) is 3.67. The summed E-state index contributed by atoms with van der Waals surface area (Å²) in [6, 6.07) is 26.0. The molecular formula is C22H24OSi. The zero-order chi connectivity index (χ0) is 17.2. The summed E-state index contributed by atoms with van der Waals surface area (Å²) in [5.41, 5.74) is 3.87. The first-order valence-corrected chi connectivity index (χ1v) is 10.3. The summed E-state index contributed by atoms with van der Waals surface area (Å²) in [7, 11) is -0.659. The van der Waals surface area contributed by atoms with E-state index in [1.807, 2.05) is 7.11 Å². The minimum absolute atomic E-state index is 1.29. The standard InChI is InChI=1S/C22H24OSi/c1-17-11-5-8-14-20(17)24(23-4,21-15-9-6-12-18(21)2)22-16-10-7-13-19(22)3/h5-16H,1-4H3. The maximum Gasteiger partial charge on any atom is 0.288 e. The predicted octanol–water partition coefficient (Wildman–Crippen LogP) is 3.23. The number of hydrogen-bond acceptors (Lipinski definition) is 1. The summed E-state index contributed by atoms with van der Waals surface area (Å²) in [5, 5.41) is 3.99. The lowest BCUT2D eigenvalue weighted by Crippen LogP contribution is -2.70.